The highest BCUT2D eigenvalue weighted by Crippen LogP contribution is 2.43. The van der Waals surface area contributed by atoms with Crippen LogP contribution in [-0.4, -0.2) is 57.6 Å². The summed E-state index contributed by atoms with van der Waals surface area (Å²) in [5.41, 5.74) is 3.78. The minimum Gasteiger partial charge on any atom is -0.496 e. The minimum absolute atomic E-state index is 0.0253. The summed E-state index contributed by atoms with van der Waals surface area (Å²) >= 11 is 1.97. The lowest BCUT2D eigenvalue weighted by molar-refractivity contribution is -0.139. The molecule has 0 aliphatic carbocycles. The summed E-state index contributed by atoms with van der Waals surface area (Å²) in [5.74, 6) is -4.66. The second-order valence-corrected chi connectivity index (χ2v) is 13.1. The van der Waals surface area contributed by atoms with E-state index >= 15 is 8.78 Å². The molecule has 0 bridgehead atoms. The van der Waals surface area contributed by atoms with Gasteiger partial charge in [-0.15, -0.1) is 0 Å². The third-order valence-electron chi connectivity index (χ3n) is 8.30. The molecule has 0 unspecified atom stereocenters. The molecule has 0 fully saturated rings. The molecule has 0 aliphatic rings. The lowest BCUT2D eigenvalue weighted by Gasteiger charge is -2.18. The van der Waals surface area contributed by atoms with Crippen LogP contribution in [0.15, 0.2) is 83.9 Å². The third-order valence-corrected chi connectivity index (χ3v) is 9.68. The number of pyridine rings is 1. The number of hydrogen-bond acceptors (Lipinski definition) is 11. The van der Waals surface area contributed by atoms with Crippen LogP contribution in [-0.2, 0) is 22.6 Å². The van der Waals surface area contributed by atoms with Gasteiger partial charge >= 0.3 is 5.97 Å². The Kier molecular flexibility index (Phi) is 11.9. The molecule has 0 aliphatic heterocycles. The number of nitrogens with zero attached hydrogens (tertiary/aromatic N) is 3. The number of amides is 1. The molecule has 11 nitrogen and oxygen atoms in total. The molecule has 3 N–H and O–H groups in total. The van der Waals surface area contributed by atoms with Gasteiger partial charge < -0.3 is 29.4 Å². The van der Waals surface area contributed by atoms with Gasteiger partial charge in [0.25, 0.3) is 5.91 Å². The van der Waals surface area contributed by atoms with Gasteiger partial charge in [-0.1, -0.05) is 24.3 Å². The molecule has 1 amide bonds. The number of aliphatic carboxylic acids is 1. The molecule has 1 atom stereocenters. The molecular formula is C38H32F3N5O6S2. The van der Waals surface area contributed by atoms with Crippen LogP contribution in [0.5, 0.6) is 11.5 Å². The summed E-state index contributed by atoms with van der Waals surface area (Å²) in [7, 11) is 3.05. The molecule has 0 saturated carbocycles. The van der Waals surface area contributed by atoms with E-state index in [0.29, 0.717) is 62.9 Å². The fourth-order valence-electron chi connectivity index (χ4n) is 5.73. The maximum absolute atomic E-state index is 15.2. The second kappa shape index (κ2) is 17.0. The standard InChI is InChI=1S/C38H32F3N5O6S2/c1-4-52-19-20-13-30(50-2)33(31(14-20)51-3)26-10-7-23(35-36(26)46-54-45-35)15-29(38(48)49)43-37(47)34-27(39)17-24(18-28(34)40)44-53-25-8-5-21(6-9-25)22-11-12-42-32(41)16-22/h5-14,16-18,29,44H,4,15,19H2,1-3H3,(H,43,47)(H,48,49)/t29-/m0/s1. The quantitative estimate of drug-likeness (QED) is 0.0691. The predicted molar refractivity (Wildman–Crippen MR) is 199 cm³/mol. The molecular weight excluding hydrogens is 744 g/mol. The second-order valence-electron chi connectivity index (χ2n) is 11.7. The zero-order chi connectivity index (χ0) is 38.4. The fourth-order valence-corrected chi connectivity index (χ4v) is 6.95. The van der Waals surface area contributed by atoms with Crippen molar-refractivity contribution < 1.29 is 42.1 Å². The van der Waals surface area contributed by atoms with Gasteiger partial charge in [-0.3, -0.25) is 4.79 Å². The number of carbonyl (C=O) groups is 2. The summed E-state index contributed by atoms with van der Waals surface area (Å²) in [5, 5.41) is 12.3. The van der Waals surface area contributed by atoms with Gasteiger partial charge in [0.2, 0.25) is 5.95 Å². The highest BCUT2D eigenvalue weighted by molar-refractivity contribution is 8.00. The lowest BCUT2D eigenvalue weighted by Crippen LogP contribution is -2.43. The summed E-state index contributed by atoms with van der Waals surface area (Å²) in [6.45, 7) is 2.77. The van der Waals surface area contributed by atoms with E-state index in [1.165, 1.54) is 26.5 Å². The van der Waals surface area contributed by atoms with E-state index in [4.69, 9.17) is 14.2 Å². The fraction of sp³-hybridized carbons (Fsp3) is 0.184. The molecule has 54 heavy (non-hydrogen) atoms. The summed E-state index contributed by atoms with van der Waals surface area (Å²) in [6, 6.07) is 17.3. The van der Waals surface area contributed by atoms with Crippen molar-refractivity contribution >= 4 is 52.3 Å². The van der Waals surface area contributed by atoms with Crippen LogP contribution in [0.25, 0.3) is 33.3 Å². The van der Waals surface area contributed by atoms with Crippen molar-refractivity contribution in [2.45, 2.75) is 30.9 Å². The molecule has 0 spiro atoms. The number of fused-ring (bicyclic) bond motifs is 1. The van der Waals surface area contributed by atoms with Crippen LogP contribution in [0.4, 0.5) is 18.9 Å². The monoisotopic (exact) mass is 775 g/mol. The average Bonchev–Trinajstić information content (AvgIpc) is 3.66. The van der Waals surface area contributed by atoms with Gasteiger partial charge in [0, 0.05) is 35.7 Å². The number of nitrogens with one attached hydrogen (secondary N) is 2. The first kappa shape index (κ1) is 38.0. The maximum Gasteiger partial charge on any atom is 0.326 e. The number of methoxy groups -OCH3 is 2. The Labute approximate surface area is 316 Å². The van der Waals surface area contributed by atoms with Gasteiger partial charge in [0.15, 0.2) is 0 Å². The van der Waals surface area contributed by atoms with Gasteiger partial charge in [-0.25, -0.2) is 18.6 Å². The van der Waals surface area contributed by atoms with Gasteiger partial charge in [-0.2, -0.15) is 13.1 Å². The topological polar surface area (TPSA) is 145 Å². The molecule has 278 valence electrons. The Morgan fingerprint density at radius 1 is 0.889 bits per heavy atom. The van der Waals surface area contributed by atoms with E-state index in [-0.39, 0.29) is 12.1 Å². The first-order valence-corrected chi connectivity index (χ1v) is 17.9. The predicted octanol–water partition coefficient (Wildman–Crippen LogP) is 7.94. The normalized spacial score (nSPS) is 11.7. The van der Waals surface area contributed by atoms with E-state index in [2.05, 4.69) is 23.8 Å². The van der Waals surface area contributed by atoms with E-state index in [9.17, 15) is 19.1 Å². The van der Waals surface area contributed by atoms with Crippen molar-refractivity contribution in [3.05, 3.63) is 113 Å². The smallest absolute Gasteiger partial charge is 0.326 e. The first-order valence-electron chi connectivity index (χ1n) is 16.3. The van der Waals surface area contributed by atoms with Gasteiger partial charge in [0.05, 0.1) is 43.8 Å². The molecule has 6 aromatic rings. The van der Waals surface area contributed by atoms with Crippen LogP contribution in [0.3, 0.4) is 0 Å². The summed E-state index contributed by atoms with van der Waals surface area (Å²) < 4.78 is 72.6. The van der Waals surface area contributed by atoms with Crippen molar-refractivity contribution in [2.75, 3.05) is 25.5 Å². The maximum atomic E-state index is 15.2. The van der Waals surface area contributed by atoms with E-state index < -0.39 is 41.1 Å². The number of rotatable bonds is 15. The summed E-state index contributed by atoms with van der Waals surface area (Å²) in [6.07, 6.45) is 1.10. The van der Waals surface area contributed by atoms with Crippen molar-refractivity contribution in [3.63, 3.8) is 0 Å². The molecule has 4 aromatic carbocycles. The highest BCUT2D eigenvalue weighted by Gasteiger charge is 2.28. The minimum atomic E-state index is -1.58. The number of hydrogen-bond donors (Lipinski definition) is 3. The van der Waals surface area contributed by atoms with E-state index in [1.54, 1.807) is 42.5 Å². The Morgan fingerprint density at radius 2 is 1.57 bits per heavy atom. The number of carboxylic acid groups (broad SMARTS) is 1. The van der Waals surface area contributed by atoms with Crippen molar-refractivity contribution in [3.8, 4) is 33.8 Å². The number of halogens is 3. The van der Waals surface area contributed by atoms with Crippen molar-refractivity contribution in [1.82, 2.24) is 19.0 Å². The average molecular weight is 776 g/mol. The zero-order valence-corrected chi connectivity index (χ0v) is 30.6. The van der Waals surface area contributed by atoms with Crippen LogP contribution in [0.1, 0.15) is 28.4 Å². The number of benzene rings is 4. The Balaban J connectivity index is 1.17. The first-order chi connectivity index (χ1) is 26.1. The number of ether oxygens (including phenoxy) is 3. The Hall–Kier alpha value is -5.71. The van der Waals surface area contributed by atoms with Crippen LogP contribution in [0, 0.1) is 17.6 Å². The largest absolute Gasteiger partial charge is 0.496 e. The zero-order valence-electron chi connectivity index (χ0n) is 29.0. The molecule has 16 heteroatoms. The molecule has 0 saturated heterocycles. The molecule has 6 rings (SSSR count). The Morgan fingerprint density at radius 3 is 2.20 bits per heavy atom. The van der Waals surface area contributed by atoms with E-state index in [1.807, 2.05) is 19.1 Å². The Bertz CT molecular complexity index is 2280. The van der Waals surface area contributed by atoms with Crippen molar-refractivity contribution in [2.24, 2.45) is 0 Å². The number of carbonyl (C=O) groups excluding carboxylic acids is 1. The third kappa shape index (κ3) is 8.40. The van der Waals surface area contributed by atoms with Crippen LogP contribution < -0.4 is 19.5 Å². The van der Waals surface area contributed by atoms with E-state index in [0.717, 1.165) is 46.9 Å². The molecule has 2 heterocycles. The van der Waals surface area contributed by atoms with Gasteiger partial charge in [-0.05, 0) is 83.6 Å². The molecule has 0 radical (unpaired) electrons. The number of anilines is 1. The number of carboxylic acids is 1. The molecule has 2 aromatic heterocycles. The van der Waals surface area contributed by atoms with Gasteiger partial charge in [0.1, 0.15) is 45.8 Å². The van der Waals surface area contributed by atoms with Crippen LogP contribution >= 0.6 is 23.7 Å². The van der Waals surface area contributed by atoms with Crippen molar-refractivity contribution in [1.29, 1.82) is 0 Å². The van der Waals surface area contributed by atoms with Crippen LogP contribution in [0.2, 0.25) is 0 Å². The SMILES string of the molecule is CCOCc1cc(OC)c(-c2ccc(C[C@H](NC(=O)c3c(F)cc(NSc4ccc(-c5ccnc(F)c5)cc4)cc3F)C(=O)O)c3nsnc23)c(OC)c1. The lowest BCUT2D eigenvalue weighted by atomic mass is 9.96. The summed E-state index contributed by atoms with van der Waals surface area (Å²) in [4.78, 5) is 29.8. The number of aromatic nitrogens is 3. The highest BCUT2D eigenvalue weighted by atomic mass is 32.2.